The van der Waals surface area contributed by atoms with Gasteiger partial charge in [-0.2, -0.15) is 5.10 Å². The van der Waals surface area contributed by atoms with Crippen LogP contribution >= 0.6 is 0 Å². The van der Waals surface area contributed by atoms with Gasteiger partial charge in [0.15, 0.2) is 0 Å². The van der Waals surface area contributed by atoms with Crippen LogP contribution in [0.2, 0.25) is 0 Å². The third-order valence-corrected chi connectivity index (χ3v) is 2.29. The van der Waals surface area contributed by atoms with Crippen molar-refractivity contribution in [3.63, 3.8) is 0 Å². The SMILES string of the molecule is CC(N)c1cc(-c2cc(F)ccc2F)n[nH]1. The fourth-order valence-corrected chi connectivity index (χ4v) is 1.40. The minimum absolute atomic E-state index is 0.128. The minimum Gasteiger partial charge on any atom is -0.323 e. The highest BCUT2D eigenvalue weighted by molar-refractivity contribution is 5.60. The smallest absolute Gasteiger partial charge is 0.132 e. The molecule has 5 heteroatoms. The molecule has 0 amide bonds. The van der Waals surface area contributed by atoms with Gasteiger partial charge in [-0.15, -0.1) is 0 Å². The summed E-state index contributed by atoms with van der Waals surface area (Å²) < 4.78 is 26.4. The van der Waals surface area contributed by atoms with E-state index in [1.165, 1.54) is 0 Å². The van der Waals surface area contributed by atoms with Crippen molar-refractivity contribution in [1.29, 1.82) is 0 Å². The lowest BCUT2D eigenvalue weighted by molar-refractivity contribution is 0.602. The lowest BCUT2D eigenvalue weighted by Crippen LogP contribution is -2.04. The molecule has 1 aromatic carbocycles. The Kier molecular flexibility index (Phi) is 2.70. The Morgan fingerprint density at radius 3 is 2.69 bits per heavy atom. The summed E-state index contributed by atoms with van der Waals surface area (Å²) in [5.74, 6) is -1.01. The van der Waals surface area contributed by atoms with Gasteiger partial charge < -0.3 is 5.73 Å². The molecule has 16 heavy (non-hydrogen) atoms. The Morgan fingerprint density at radius 1 is 1.31 bits per heavy atom. The number of benzene rings is 1. The van der Waals surface area contributed by atoms with Gasteiger partial charge in [-0.3, -0.25) is 5.10 Å². The van der Waals surface area contributed by atoms with Crippen molar-refractivity contribution in [1.82, 2.24) is 10.2 Å². The van der Waals surface area contributed by atoms with Gasteiger partial charge in [-0.1, -0.05) is 0 Å². The van der Waals surface area contributed by atoms with Gasteiger partial charge in [-0.25, -0.2) is 8.78 Å². The van der Waals surface area contributed by atoms with Gasteiger partial charge in [0, 0.05) is 11.6 Å². The van der Waals surface area contributed by atoms with E-state index in [4.69, 9.17) is 5.73 Å². The third-order valence-electron chi connectivity index (χ3n) is 2.29. The summed E-state index contributed by atoms with van der Waals surface area (Å²) in [4.78, 5) is 0. The highest BCUT2D eigenvalue weighted by atomic mass is 19.1. The van der Waals surface area contributed by atoms with Crippen molar-refractivity contribution >= 4 is 0 Å². The number of H-pyrrole nitrogens is 1. The predicted octanol–water partition coefficient (Wildman–Crippen LogP) is 2.37. The van der Waals surface area contributed by atoms with Crippen LogP contribution in [0.3, 0.4) is 0 Å². The van der Waals surface area contributed by atoms with Crippen LogP contribution in [-0.4, -0.2) is 10.2 Å². The summed E-state index contributed by atoms with van der Waals surface area (Å²) in [5.41, 5.74) is 6.79. The second-order valence-corrected chi connectivity index (χ2v) is 3.62. The molecule has 0 aliphatic rings. The average Bonchev–Trinajstić information content (AvgIpc) is 2.70. The number of aromatic nitrogens is 2. The van der Waals surface area contributed by atoms with Gasteiger partial charge in [0.05, 0.1) is 11.4 Å². The van der Waals surface area contributed by atoms with E-state index in [0.717, 1.165) is 18.2 Å². The van der Waals surface area contributed by atoms with Crippen molar-refractivity contribution in [2.24, 2.45) is 5.73 Å². The number of nitrogens with zero attached hydrogens (tertiary/aromatic N) is 1. The molecule has 0 saturated carbocycles. The highest BCUT2D eigenvalue weighted by Crippen LogP contribution is 2.23. The van der Waals surface area contributed by atoms with Crippen molar-refractivity contribution in [3.05, 3.63) is 41.6 Å². The molecule has 1 atom stereocenters. The number of hydrogen-bond donors (Lipinski definition) is 2. The molecule has 0 aliphatic carbocycles. The van der Waals surface area contributed by atoms with Crippen LogP contribution < -0.4 is 5.73 Å². The average molecular weight is 223 g/mol. The van der Waals surface area contributed by atoms with Crippen LogP contribution in [-0.2, 0) is 0 Å². The van der Waals surface area contributed by atoms with Crippen LogP contribution in [0.1, 0.15) is 18.7 Å². The molecule has 0 spiro atoms. The number of rotatable bonds is 2. The molecule has 3 nitrogen and oxygen atoms in total. The van der Waals surface area contributed by atoms with E-state index in [1.807, 2.05) is 0 Å². The summed E-state index contributed by atoms with van der Waals surface area (Å²) in [5, 5.41) is 6.58. The summed E-state index contributed by atoms with van der Waals surface area (Å²) in [7, 11) is 0. The molecule has 1 aromatic heterocycles. The highest BCUT2D eigenvalue weighted by Gasteiger charge is 2.11. The first-order chi connectivity index (χ1) is 7.58. The predicted molar refractivity (Wildman–Crippen MR) is 56.5 cm³/mol. The van der Waals surface area contributed by atoms with Crippen molar-refractivity contribution in [2.45, 2.75) is 13.0 Å². The van der Waals surface area contributed by atoms with Gasteiger partial charge in [0.2, 0.25) is 0 Å². The second-order valence-electron chi connectivity index (χ2n) is 3.62. The Morgan fingerprint density at radius 2 is 2.06 bits per heavy atom. The monoisotopic (exact) mass is 223 g/mol. The molecule has 3 N–H and O–H groups in total. The van der Waals surface area contributed by atoms with Gasteiger partial charge in [0.1, 0.15) is 11.6 Å². The molecule has 2 rings (SSSR count). The zero-order chi connectivity index (χ0) is 11.7. The minimum atomic E-state index is -0.510. The van der Waals surface area contributed by atoms with E-state index >= 15 is 0 Å². The summed E-state index contributed by atoms with van der Waals surface area (Å²) in [6.45, 7) is 1.78. The molecule has 84 valence electrons. The van der Waals surface area contributed by atoms with E-state index < -0.39 is 11.6 Å². The molecular weight excluding hydrogens is 212 g/mol. The summed E-state index contributed by atoms with van der Waals surface area (Å²) in [6, 6.07) is 4.64. The first-order valence-corrected chi connectivity index (χ1v) is 4.84. The van der Waals surface area contributed by atoms with Crippen molar-refractivity contribution < 1.29 is 8.78 Å². The van der Waals surface area contributed by atoms with E-state index in [0.29, 0.717) is 11.4 Å². The molecule has 1 unspecified atom stereocenters. The fourth-order valence-electron chi connectivity index (χ4n) is 1.40. The van der Waals surface area contributed by atoms with E-state index in [2.05, 4.69) is 10.2 Å². The van der Waals surface area contributed by atoms with Gasteiger partial charge in [0.25, 0.3) is 0 Å². The Balaban J connectivity index is 2.46. The zero-order valence-electron chi connectivity index (χ0n) is 8.67. The van der Waals surface area contributed by atoms with Gasteiger partial charge >= 0.3 is 0 Å². The normalized spacial score (nSPS) is 12.8. The van der Waals surface area contributed by atoms with Crippen LogP contribution in [0.4, 0.5) is 8.78 Å². The van der Waals surface area contributed by atoms with Crippen LogP contribution in [0.5, 0.6) is 0 Å². The number of hydrogen-bond acceptors (Lipinski definition) is 2. The zero-order valence-corrected chi connectivity index (χ0v) is 8.67. The Hall–Kier alpha value is -1.75. The van der Waals surface area contributed by atoms with Crippen LogP contribution in [0.15, 0.2) is 24.3 Å². The topological polar surface area (TPSA) is 54.7 Å². The summed E-state index contributed by atoms with van der Waals surface area (Å²) >= 11 is 0. The third kappa shape index (κ3) is 1.94. The molecule has 0 bridgehead atoms. The maximum absolute atomic E-state index is 13.4. The summed E-state index contributed by atoms with van der Waals surface area (Å²) in [6.07, 6.45) is 0. The fraction of sp³-hybridized carbons (Fsp3) is 0.182. The molecular formula is C11H11F2N3. The standard InChI is InChI=1S/C11H11F2N3/c1-6(14)10-5-11(16-15-10)8-4-7(12)2-3-9(8)13/h2-6H,14H2,1H3,(H,15,16). The van der Waals surface area contributed by atoms with Gasteiger partial charge in [-0.05, 0) is 31.2 Å². The lowest BCUT2D eigenvalue weighted by Gasteiger charge is -1.99. The number of nitrogens with two attached hydrogens (primary N) is 1. The van der Waals surface area contributed by atoms with E-state index in [1.54, 1.807) is 13.0 Å². The molecule has 2 aromatic rings. The number of aromatic amines is 1. The first kappa shape index (κ1) is 10.8. The largest absolute Gasteiger partial charge is 0.323 e. The molecule has 0 saturated heterocycles. The number of nitrogens with one attached hydrogen (secondary N) is 1. The van der Waals surface area contributed by atoms with Crippen LogP contribution in [0, 0.1) is 11.6 Å². The Bertz CT molecular complexity index is 506. The second kappa shape index (κ2) is 4.02. The molecule has 1 heterocycles. The maximum atomic E-state index is 13.4. The number of halogens is 2. The molecule has 0 aliphatic heterocycles. The Labute approximate surface area is 91.3 Å². The van der Waals surface area contributed by atoms with Crippen molar-refractivity contribution in [3.8, 4) is 11.3 Å². The quantitative estimate of drug-likeness (QED) is 0.821. The maximum Gasteiger partial charge on any atom is 0.132 e. The van der Waals surface area contributed by atoms with E-state index in [-0.39, 0.29) is 11.6 Å². The molecule has 0 fully saturated rings. The first-order valence-electron chi connectivity index (χ1n) is 4.84. The van der Waals surface area contributed by atoms with Crippen LogP contribution in [0.25, 0.3) is 11.3 Å². The van der Waals surface area contributed by atoms with Crippen molar-refractivity contribution in [2.75, 3.05) is 0 Å². The van der Waals surface area contributed by atoms with E-state index in [9.17, 15) is 8.78 Å². The lowest BCUT2D eigenvalue weighted by atomic mass is 10.1. The molecule has 0 radical (unpaired) electrons.